The van der Waals surface area contributed by atoms with Gasteiger partial charge in [-0.15, -0.1) is 0 Å². The van der Waals surface area contributed by atoms with E-state index in [0.29, 0.717) is 17.7 Å². The Bertz CT molecular complexity index is 711. The Hall–Kier alpha value is -0.733. The average Bonchev–Trinajstić information content (AvgIpc) is 3.17. The molecule has 1 heterocycles. The standard InChI is InChI=1S/C20H32O5SSi/c1-4-27(5-2,6-3)25-19-13-18-16(12-20(21)24-18)17(19)14-26(22,23)15-10-8-7-9-11-15/h7-11,16-21H,4-6,12-14H2,1-3H3/t16?,17-,18+,19-,20-/m1/s1. The number of hydrogen-bond acceptors (Lipinski definition) is 5. The maximum absolute atomic E-state index is 13.0. The number of rotatable bonds is 8. The number of fused-ring (bicyclic) bond motifs is 1. The van der Waals surface area contributed by atoms with Crippen LogP contribution in [0.4, 0.5) is 0 Å². The summed E-state index contributed by atoms with van der Waals surface area (Å²) in [5.74, 6) is -0.0322. The Kier molecular flexibility index (Phi) is 6.47. The van der Waals surface area contributed by atoms with Gasteiger partial charge in [-0.25, -0.2) is 8.42 Å². The van der Waals surface area contributed by atoms with Crippen LogP contribution in [0.3, 0.4) is 0 Å². The summed E-state index contributed by atoms with van der Waals surface area (Å²) in [5, 5.41) is 9.92. The Morgan fingerprint density at radius 2 is 1.74 bits per heavy atom. The Morgan fingerprint density at radius 1 is 1.11 bits per heavy atom. The summed E-state index contributed by atoms with van der Waals surface area (Å²) >= 11 is 0. The molecule has 1 saturated carbocycles. The van der Waals surface area contributed by atoms with Gasteiger partial charge < -0.3 is 14.3 Å². The van der Waals surface area contributed by atoms with Crippen LogP contribution >= 0.6 is 0 Å². The van der Waals surface area contributed by atoms with Gasteiger partial charge in [0, 0.05) is 12.3 Å². The lowest BCUT2D eigenvalue weighted by molar-refractivity contribution is -0.0945. The van der Waals surface area contributed by atoms with E-state index in [9.17, 15) is 13.5 Å². The lowest BCUT2D eigenvalue weighted by atomic mass is 9.94. The normalized spacial score (nSPS) is 31.2. The molecule has 1 aromatic rings. The molecule has 0 amide bonds. The molecule has 1 aromatic carbocycles. The number of benzene rings is 1. The van der Waals surface area contributed by atoms with E-state index < -0.39 is 24.4 Å². The van der Waals surface area contributed by atoms with Crippen molar-refractivity contribution in [3.63, 3.8) is 0 Å². The summed E-state index contributed by atoms with van der Waals surface area (Å²) in [4.78, 5) is 0.358. The van der Waals surface area contributed by atoms with E-state index in [4.69, 9.17) is 9.16 Å². The van der Waals surface area contributed by atoms with Crippen molar-refractivity contribution in [3.8, 4) is 0 Å². The van der Waals surface area contributed by atoms with Gasteiger partial charge in [0.2, 0.25) is 0 Å². The molecule has 0 bridgehead atoms. The third-order valence-electron chi connectivity index (χ3n) is 6.62. The van der Waals surface area contributed by atoms with Crippen molar-refractivity contribution in [1.29, 1.82) is 0 Å². The molecule has 2 aliphatic rings. The molecule has 3 rings (SSSR count). The fraction of sp³-hybridized carbons (Fsp3) is 0.700. The second-order valence-corrected chi connectivity index (χ2v) is 14.7. The molecule has 2 fully saturated rings. The van der Waals surface area contributed by atoms with Gasteiger partial charge in [0.1, 0.15) is 0 Å². The summed E-state index contributed by atoms with van der Waals surface area (Å²) in [6.45, 7) is 6.56. The van der Waals surface area contributed by atoms with Crippen molar-refractivity contribution in [3.05, 3.63) is 30.3 Å². The Balaban J connectivity index is 1.85. The molecule has 1 aliphatic carbocycles. The van der Waals surface area contributed by atoms with Crippen LogP contribution in [0.2, 0.25) is 18.1 Å². The quantitative estimate of drug-likeness (QED) is 0.661. The predicted octanol–water partition coefficient (Wildman–Crippen LogP) is 3.59. The van der Waals surface area contributed by atoms with Crippen molar-refractivity contribution in [2.24, 2.45) is 11.8 Å². The van der Waals surface area contributed by atoms with Gasteiger partial charge in [-0.2, -0.15) is 0 Å². The van der Waals surface area contributed by atoms with Crippen LogP contribution < -0.4 is 0 Å². The fourth-order valence-electron chi connectivity index (χ4n) is 4.77. The molecule has 1 saturated heterocycles. The van der Waals surface area contributed by atoms with Crippen molar-refractivity contribution in [2.75, 3.05) is 5.75 Å². The zero-order valence-electron chi connectivity index (χ0n) is 16.5. The first kappa shape index (κ1) is 21.0. The van der Waals surface area contributed by atoms with E-state index in [1.54, 1.807) is 24.3 Å². The van der Waals surface area contributed by atoms with Gasteiger partial charge in [0.15, 0.2) is 24.4 Å². The van der Waals surface area contributed by atoms with Gasteiger partial charge in [0.05, 0.1) is 22.9 Å². The minimum Gasteiger partial charge on any atom is -0.414 e. The van der Waals surface area contributed by atoms with Crippen LogP contribution in [0, 0.1) is 11.8 Å². The first-order chi connectivity index (χ1) is 12.8. The van der Waals surface area contributed by atoms with Gasteiger partial charge in [0.25, 0.3) is 0 Å². The SMILES string of the molecule is CC[Si](CC)(CC)O[C@@H]1C[C@@H]2O[C@@H](O)CC2[C@H]1CS(=O)(=O)c1ccccc1. The molecule has 1 aliphatic heterocycles. The molecular formula is C20H32O5SSi. The third-order valence-corrected chi connectivity index (χ3v) is 13.1. The Morgan fingerprint density at radius 3 is 2.33 bits per heavy atom. The van der Waals surface area contributed by atoms with Crippen LogP contribution in [0.15, 0.2) is 35.2 Å². The minimum atomic E-state index is -3.41. The van der Waals surface area contributed by atoms with Crippen molar-refractivity contribution < 1.29 is 22.7 Å². The maximum Gasteiger partial charge on any atom is 0.192 e. The predicted molar refractivity (Wildman–Crippen MR) is 108 cm³/mol. The molecule has 5 atom stereocenters. The number of aliphatic hydroxyl groups is 1. The first-order valence-corrected chi connectivity index (χ1v) is 14.3. The first-order valence-electron chi connectivity index (χ1n) is 10.1. The van der Waals surface area contributed by atoms with Gasteiger partial charge >= 0.3 is 0 Å². The zero-order valence-corrected chi connectivity index (χ0v) is 18.3. The summed E-state index contributed by atoms with van der Waals surface area (Å²) in [5.41, 5.74) is 0. The average molecular weight is 413 g/mol. The molecule has 152 valence electrons. The van der Waals surface area contributed by atoms with Gasteiger partial charge in [-0.05, 0) is 42.6 Å². The van der Waals surface area contributed by atoms with Crippen LogP contribution in [-0.4, -0.2) is 46.1 Å². The van der Waals surface area contributed by atoms with E-state index in [-0.39, 0.29) is 29.8 Å². The maximum atomic E-state index is 13.0. The monoisotopic (exact) mass is 412 g/mol. The highest BCUT2D eigenvalue weighted by Crippen LogP contribution is 2.46. The molecule has 27 heavy (non-hydrogen) atoms. The van der Waals surface area contributed by atoms with Crippen LogP contribution in [0.25, 0.3) is 0 Å². The highest BCUT2D eigenvalue weighted by molar-refractivity contribution is 7.91. The van der Waals surface area contributed by atoms with Gasteiger partial charge in [-0.1, -0.05) is 39.0 Å². The summed E-state index contributed by atoms with van der Waals surface area (Å²) in [6.07, 6.45) is 0.202. The largest absolute Gasteiger partial charge is 0.414 e. The molecule has 0 aromatic heterocycles. The lowest BCUT2D eigenvalue weighted by Gasteiger charge is -2.35. The minimum absolute atomic E-state index is 0.0424. The molecular weight excluding hydrogens is 380 g/mol. The lowest BCUT2D eigenvalue weighted by Crippen LogP contribution is -2.43. The van der Waals surface area contributed by atoms with Crippen molar-refractivity contribution in [2.45, 2.75) is 75.1 Å². The number of hydrogen-bond donors (Lipinski definition) is 1. The van der Waals surface area contributed by atoms with Crippen molar-refractivity contribution >= 4 is 18.2 Å². The van der Waals surface area contributed by atoms with E-state index >= 15 is 0 Å². The second-order valence-electron chi connectivity index (χ2n) is 7.92. The molecule has 5 nitrogen and oxygen atoms in total. The third kappa shape index (κ3) is 4.32. The van der Waals surface area contributed by atoms with Crippen LogP contribution in [0.1, 0.15) is 33.6 Å². The van der Waals surface area contributed by atoms with Gasteiger partial charge in [-0.3, -0.25) is 0 Å². The highest BCUT2D eigenvalue weighted by atomic mass is 32.2. The topological polar surface area (TPSA) is 72.8 Å². The second kappa shape index (κ2) is 8.33. The van der Waals surface area contributed by atoms with E-state index in [1.807, 2.05) is 6.07 Å². The smallest absolute Gasteiger partial charge is 0.192 e. The Labute approximate surface area is 164 Å². The summed E-state index contributed by atoms with van der Waals surface area (Å²) < 4.78 is 38.5. The fourth-order valence-corrected chi connectivity index (χ4v) is 9.41. The number of ether oxygens (including phenoxy) is 1. The number of sulfone groups is 1. The van der Waals surface area contributed by atoms with E-state index in [0.717, 1.165) is 18.1 Å². The van der Waals surface area contributed by atoms with Crippen LogP contribution in [-0.2, 0) is 19.0 Å². The highest BCUT2D eigenvalue weighted by Gasteiger charge is 2.52. The van der Waals surface area contributed by atoms with E-state index in [1.165, 1.54) is 0 Å². The van der Waals surface area contributed by atoms with E-state index in [2.05, 4.69) is 20.8 Å². The summed E-state index contributed by atoms with van der Waals surface area (Å²) in [6, 6.07) is 11.7. The number of aliphatic hydroxyl groups excluding tert-OH is 1. The van der Waals surface area contributed by atoms with Crippen LogP contribution in [0.5, 0.6) is 0 Å². The summed E-state index contributed by atoms with van der Waals surface area (Å²) in [7, 11) is -5.27. The molecule has 1 N–H and O–H groups in total. The van der Waals surface area contributed by atoms with Crippen molar-refractivity contribution in [1.82, 2.24) is 0 Å². The zero-order chi connectivity index (χ0) is 19.7. The molecule has 0 radical (unpaired) electrons. The molecule has 0 spiro atoms. The molecule has 1 unspecified atom stereocenters. The molecule has 7 heteroatoms.